The molecule has 0 bridgehead atoms. The van der Waals surface area contributed by atoms with Gasteiger partial charge in [-0.25, -0.2) is 27.4 Å². The number of halogens is 6. The summed E-state index contributed by atoms with van der Waals surface area (Å²) in [4.78, 5) is 86.7. The first-order valence-corrected chi connectivity index (χ1v) is 18.8. The van der Waals surface area contributed by atoms with E-state index in [2.05, 4.69) is 4.79 Å². The van der Waals surface area contributed by atoms with Gasteiger partial charge in [0.05, 0.1) is 12.8 Å². The molecule has 1 aliphatic rings. The van der Waals surface area contributed by atoms with Gasteiger partial charge in [0, 0.05) is 12.0 Å². The molecule has 1 atom stereocenters. The van der Waals surface area contributed by atoms with Gasteiger partial charge in [-0.3, -0.25) is 58.7 Å². The fourth-order valence-corrected chi connectivity index (χ4v) is 1.91. The summed E-state index contributed by atoms with van der Waals surface area (Å²) in [7, 11) is -29.3. The van der Waals surface area contributed by atoms with Crippen molar-refractivity contribution in [3.05, 3.63) is 65.0 Å². The third kappa shape index (κ3) is 80.8. The minimum absolute atomic E-state index is 0.0448. The van der Waals surface area contributed by atoms with E-state index in [0.717, 1.165) is 5.56 Å². The van der Waals surface area contributed by atoms with Crippen LogP contribution < -0.4 is 5.73 Å². The molecule has 2 rings (SSSR count). The molecule has 0 saturated heterocycles. The summed E-state index contributed by atoms with van der Waals surface area (Å²) in [5.41, 5.74) is 16.8. The number of allylic oxidation sites excluding steroid dienone is 2. The first-order chi connectivity index (χ1) is 20.3. The summed E-state index contributed by atoms with van der Waals surface area (Å²) in [6.07, 6.45) is 3.59. The first-order valence-electron chi connectivity index (χ1n) is 9.78. The quantitative estimate of drug-likeness (QED) is 0.0878. The summed E-state index contributed by atoms with van der Waals surface area (Å²) >= 11 is 0. The third-order valence-electron chi connectivity index (χ3n) is 2.75. The Morgan fingerprint density at radius 2 is 0.894 bits per heavy atom. The molecule has 14 N–H and O–H groups in total. The van der Waals surface area contributed by atoms with Gasteiger partial charge < -0.3 is 16.0 Å². The number of hydrogen-bond acceptors (Lipinski definition) is 8. The molecular formula is C13H25F6N3O19P6. The van der Waals surface area contributed by atoms with Crippen LogP contribution in [0, 0.1) is 0 Å². The van der Waals surface area contributed by atoms with E-state index in [1.807, 2.05) is 36.4 Å². The summed E-state index contributed by atoms with van der Waals surface area (Å²) < 4.78 is 119. The second kappa shape index (κ2) is 24.3. The molecule has 47 heavy (non-hydrogen) atoms. The molecule has 0 radical (unpaired) electrons. The van der Waals surface area contributed by atoms with Crippen molar-refractivity contribution in [2.75, 3.05) is 7.11 Å². The number of hydrogen-bond donors (Lipinski definition) is 13. The van der Waals surface area contributed by atoms with Crippen LogP contribution in [0.25, 0.3) is 5.53 Å². The number of rotatable bonds is 2. The maximum absolute atomic E-state index is 10.4. The van der Waals surface area contributed by atoms with Gasteiger partial charge in [-0.1, -0.05) is 36.4 Å². The van der Waals surface area contributed by atoms with Crippen LogP contribution in [-0.4, -0.2) is 76.3 Å². The van der Waals surface area contributed by atoms with Crippen molar-refractivity contribution >= 4 is 53.2 Å². The smallest absolute Gasteiger partial charge is 0.488 e. The number of methoxy groups -OCH3 is 1. The van der Waals surface area contributed by atoms with Gasteiger partial charge in [-0.05, 0) is 5.56 Å². The predicted octanol–water partition coefficient (Wildman–Crippen LogP) is 2.12. The highest BCUT2D eigenvalue weighted by Crippen LogP contribution is 2.37. The van der Waals surface area contributed by atoms with Gasteiger partial charge in [0.2, 0.25) is 5.76 Å². The van der Waals surface area contributed by atoms with Gasteiger partial charge in [0.1, 0.15) is 0 Å². The normalized spacial score (nSPS) is 14.4. The van der Waals surface area contributed by atoms with Crippen molar-refractivity contribution in [3.63, 3.8) is 0 Å². The SMILES string of the molecule is COC1=C(N)C(c2ccccc2)C=CC1=[N+]=[N-].O=P(O)(O)F.O=P(O)(O)F.O=P(O)(O)F.O=P(O)(O)F.O=P(O)(O)F.O=P(O)(O)F. The molecule has 0 saturated carbocycles. The molecule has 0 amide bonds. The summed E-state index contributed by atoms with van der Waals surface area (Å²) in [5.74, 6) is 0.375. The molecule has 0 fully saturated rings. The monoisotopic (exact) mass is 827 g/mol. The van der Waals surface area contributed by atoms with Gasteiger partial charge in [-0.2, -0.15) is 4.79 Å². The largest absolute Gasteiger partial charge is 0.507 e. The maximum atomic E-state index is 10.4. The Labute approximate surface area is 258 Å². The minimum Gasteiger partial charge on any atom is -0.488 e. The summed E-state index contributed by atoms with van der Waals surface area (Å²) in [5, 5.41) is 0. The highest BCUT2D eigenvalue weighted by molar-refractivity contribution is 7.46. The summed E-state index contributed by atoms with van der Waals surface area (Å²) in [6, 6.07) is 9.86. The van der Waals surface area contributed by atoms with Crippen LogP contribution in [0.1, 0.15) is 11.5 Å². The zero-order valence-electron chi connectivity index (χ0n) is 22.3. The summed E-state index contributed by atoms with van der Waals surface area (Å²) in [6.45, 7) is 0. The van der Waals surface area contributed by atoms with Crippen molar-refractivity contribution in [1.82, 2.24) is 0 Å². The van der Waals surface area contributed by atoms with E-state index >= 15 is 0 Å². The lowest BCUT2D eigenvalue weighted by molar-refractivity contribution is -0.00713. The maximum Gasteiger partial charge on any atom is 0.507 e. The van der Waals surface area contributed by atoms with Crippen LogP contribution >= 0.6 is 47.4 Å². The fraction of sp³-hybridized carbons (Fsp3) is 0.154. The van der Waals surface area contributed by atoms with Crippen molar-refractivity contribution in [2.45, 2.75) is 5.92 Å². The molecule has 1 unspecified atom stereocenters. The standard InChI is InChI=1S/C13H13N3O.6FH2O3P/c1-17-13-11(16-15)8-7-10(12(13)14)9-5-3-2-4-6-9;6*1-5(2,3)4/h2-8,10H,14H2,1H3;6*(H2,2,3,4). The molecule has 0 heterocycles. The zero-order chi connectivity index (χ0) is 39.3. The predicted molar refractivity (Wildman–Crippen MR) is 144 cm³/mol. The molecular weight excluding hydrogens is 802 g/mol. The van der Waals surface area contributed by atoms with Crippen molar-refractivity contribution in [2.24, 2.45) is 5.73 Å². The number of ether oxygens (including phenoxy) is 1. The van der Waals surface area contributed by atoms with Crippen LogP contribution in [0.2, 0.25) is 0 Å². The van der Waals surface area contributed by atoms with Crippen LogP contribution in [0.15, 0.2) is 53.9 Å². The van der Waals surface area contributed by atoms with Crippen LogP contribution in [0.4, 0.5) is 25.2 Å². The molecule has 34 heteroatoms. The van der Waals surface area contributed by atoms with E-state index in [1.54, 1.807) is 6.08 Å². The van der Waals surface area contributed by atoms with E-state index in [-0.39, 0.29) is 5.92 Å². The average molecular weight is 827 g/mol. The number of nitrogens with two attached hydrogens (primary N) is 1. The lowest BCUT2D eigenvalue weighted by Crippen LogP contribution is -2.21. The molecule has 278 valence electrons. The lowest BCUT2D eigenvalue weighted by atomic mass is 9.90. The Balaban J connectivity index is -0.000000164. The average Bonchev–Trinajstić information content (AvgIpc) is 2.72. The van der Waals surface area contributed by atoms with Crippen molar-refractivity contribution in [3.8, 4) is 0 Å². The van der Waals surface area contributed by atoms with E-state index < -0.39 is 47.4 Å². The Kier molecular flexibility index (Phi) is 28.3. The number of nitrogens with zero attached hydrogens (tertiary/aromatic N) is 2. The topological polar surface area (TPSA) is 417 Å². The Bertz CT molecular complexity index is 1250. The van der Waals surface area contributed by atoms with E-state index in [0.29, 0.717) is 17.2 Å². The molecule has 22 nitrogen and oxygen atoms in total. The van der Waals surface area contributed by atoms with Crippen LogP contribution in [0.3, 0.4) is 0 Å². The zero-order valence-corrected chi connectivity index (χ0v) is 27.6. The molecule has 1 aromatic carbocycles. The molecule has 0 spiro atoms. The molecule has 1 aromatic rings. The Morgan fingerprint density at radius 1 is 0.638 bits per heavy atom. The van der Waals surface area contributed by atoms with Gasteiger partial charge in [0.25, 0.3) is 0 Å². The van der Waals surface area contributed by atoms with Crippen LogP contribution in [0.5, 0.6) is 0 Å². The fourth-order valence-electron chi connectivity index (χ4n) is 1.91. The number of benzene rings is 1. The highest BCUT2D eigenvalue weighted by Gasteiger charge is 2.27. The van der Waals surface area contributed by atoms with E-state index in [4.69, 9.17) is 102 Å². The molecule has 0 aromatic heterocycles. The third-order valence-corrected chi connectivity index (χ3v) is 2.75. The first kappa shape index (κ1) is 54.6. The minimum atomic E-state index is -5.14. The van der Waals surface area contributed by atoms with E-state index in [1.165, 1.54) is 7.11 Å². The molecule has 0 aliphatic heterocycles. The molecule has 1 aliphatic carbocycles. The van der Waals surface area contributed by atoms with Gasteiger partial charge >= 0.3 is 53.2 Å². The second-order valence-electron chi connectivity index (χ2n) is 6.56. The van der Waals surface area contributed by atoms with Crippen LogP contribution in [-0.2, 0) is 32.1 Å². The van der Waals surface area contributed by atoms with Crippen molar-refractivity contribution < 1.29 is 121 Å². The Hall–Kier alpha value is -1.84. The van der Waals surface area contributed by atoms with Gasteiger partial charge in [0.15, 0.2) is 0 Å². The van der Waals surface area contributed by atoms with Gasteiger partial charge in [-0.15, -0.1) is 25.2 Å². The van der Waals surface area contributed by atoms with E-state index in [9.17, 15) is 25.2 Å². The Morgan fingerprint density at radius 3 is 1.11 bits per heavy atom. The highest BCUT2D eigenvalue weighted by atomic mass is 31.2. The lowest BCUT2D eigenvalue weighted by Gasteiger charge is -2.18. The second-order valence-corrected chi connectivity index (χ2v) is 12.2. The van der Waals surface area contributed by atoms with Crippen molar-refractivity contribution in [1.29, 1.82) is 0 Å².